The molecule has 0 radical (unpaired) electrons. The van der Waals surface area contributed by atoms with Crippen LogP contribution in [-0.4, -0.2) is 6.04 Å². The number of nitrogens with one attached hydrogen (secondary N) is 1. The lowest BCUT2D eigenvalue weighted by atomic mass is 9.80. The number of hydrogen-bond acceptors (Lipinski definition) is 1. The van der Waals surface area contributed by atoms with Crippen molar-refractivity contribution in [3.63, 3.8) is 0 Å². The highest BCUT2D eigenvalue weighted by molar-refractivity contribution is 6.36. The number of hydrogen-bond donors (Lipinski definition) is 1. The van der Waals surface area contributed by atoms with Gasteiger partial charge in [-0.2, -0.15) is 0 Å². The lowest BCUT2D eigenvalue weighted by Crippen LogP contribution is -2.30. The van der Waals surface area contributed by atoms with E-state index in [-0.39, 0.29) is 0 Å². The van der Waals surface area contributed by atoms with Gasteiger partial charge in [0.05, 0.1) is 10.7 Å². The molecule has 3 rings (SSSR count). The van der Waals surface area contributed by atoms with Gasteiger partial charge in [-0.25, -0.2) is 0 Å². The minimum atomic E-state index is 0.430. The number of anilines is 1. The van der Waals surface area contributed by atoms with E-state index in [9.17, 15) is 0 Å². The molecule has 0 aliphatic heterocycles. The molecule has 2 unspecified atom stereocenters. The molecule has 2 atom stereocenters. The maximum Gasteiger partial charge on any atom is 0.0652 e. The SMILES string of the molecule is Clc1ccc(NC2CCCCC2c2ccccc2)c(Cl)c1. The lowest BCUT2D eigenvalue weighted by Gasteiger charge is -2.33. The summed E-state index contributed by atoms with van der Waals surface area (Å²) in [6, 6.07) is 16.9. The molecule has 1 saturated carbocycles. The molecule has 1 aliphatic rings. The number of halogens is 2. The Balaban J connectivity index is 1.81. The van der Waals surface area contributed by atoms with Gasteiger partial charge in [0.2, 0.25) is 0 Å². The van der Waals surface area contributed by atoms with Crippen LogP contribution in [0, 0.1) is 0 Å². The monoisotopic (exact) mass is 319 g/mol. The molecule has 1 N–H and O–H groups in total. The normalized spacial score (nSPS) is 22.0. The average Bonchev–Trinajstić information content (AvgIpc) is 2.51. The van der Waals surface area contributed by atoms with Crippen LogP contribution in [0.3, 0.4) is 0 Å². The summed E-state index contributed by atoms with van der Waals surface area (Å²) in [7, 11) is 0. The summed E-state index contributed by atoms with van der Waals surface area (Å²) in [4.78, 5) is 0. The van der Waals surface area contributed by atoms with Crippen molar-refractivity contribution in [1.29, 1.82) is 0 Å². The first kappa shape index (κ1) is 14.7. The minimum absolute atomic E-state index is 0.430. The van der Waals surface area contributed by atoms with E-state index in [0.717, 1.165) is 5.69 Å². The van der Waals surface area contributed by atoms with Crippen molar-refractivity contribution >= 4 is 28.9 Å². The van der Waals surface area contributed by atoms with E-state index < -0.39 is 0 Å². The summed E-state index contributed by atoms with van der Waals surface area (Å²) in [5, 5.41) is 5.00. The van der Waals surface area contributed by atoms with E-state index in [1.54, 1.807) is 6.07 Å². The number of benzene rings is 2. The van der Waals surface area contributed by atoms with Gasteiger partial charge < -0.3 is 5.32 Å². The summed E-state index contributed by atoms with van der Waals surface area (Å²) in [6.45, 7) is 0. The lowest BCUT2D eigenvalue weighted by molar-refractivity contribution is 0.405. The second-order valence-corrected chi connectivity index (χ2v) is 6.52. The van der Waals surface area contributed by atoms with Gasteiger partial charge in [-0.15, -0.1) is 0 Å². The van der Waals surface area contributed by atoms with Gasteiger partial charge in [0.25, 0.3) is 0 Å². The van der Waals surface area contributed by atoms with E-state index in [1.165, 1.54) is 31.2 Å². The quantitative estimate of drug-likeness (QED) is 0.717. The van der Waals surface area contributed by atoms with Crippen molar-refractivity contribution in [1.82, 2.24) is 0 Å². The van der Waals surface area contributed by atoms with Gasteiger partial charge >= 0.3 is 0 Å². The first-order valence-electron chi connectivity index (χ1n) is 7.50. The molecule has 1 fully saturated rings. The number of rotatable bonds is 3. The van der Waals surface area contributed by atoms with Crippen molar-refractivity contribution in [2.24, 2.45) is 0 Å². The van der Waals surface area contributed by atoms with Crippen molar-refractivity contribution in [2.45, 2.75) is 37.6 Å². The Morgan fingerprint density at radius 1 is 0.905 bits per heavy atom. The van der Waals surface area contributed by atoms with E-state index >= 15 is 0 Å². The molecule has 0 spiro atoms. The molecule has 110 valence electrons. The van der Waals surface area contributed by atoms with Crippen LogP contribution in [-0.2, 0) is 0 Å². The molecule has 0 amide bonds. The van der Waals surface area contributed by atoms with Gasteiger partial charge in [0.1, 0.15) is 0 Å². The van der Waals surface area contributed by atoms with Crippen LogP contribution < -0.4 is 5.32 Å². The van der Waals surface area contributed by atoms with Crippen molar-refractivity contribution in [3.8, 4) is 0 Å². The molecular formula is C18H19Cl2N. The smallest absolute Gasteiger partial charge is 0.0652 e. The Morgan fingerprint density at radius 3 is 2.43 bits per heavy atom. The highest BCUT2D eigenvalue weighted by atomic mass is 35.5. The van der Waals surface area contributed by atoms with E-state index in [0.29, 0.717) is 22.0 Å². The molecule has 0 aromatic heterocycles. The second kappa shape index (κ2) is 6.72. The van der Waals surface area contributed by atoms with Crippen molar-refractivity contribution < 1.29 is 0 Å². The van der Waals surface area contributed by atoms with E-state index in [1.807, 2.05) is 12.1 Å². The third kappa shape index (κ3) is 3.53. The Labute approximate surface area is 136 Å². The van der Waals surface area contributed by atoms with Crippen LogP contribution in [0.2, 0.25) is 10.0 Å². The first-order chi connectivity index (χ1) is 10.2. The minimum Gasteiger partial charge on any atom is -0.380 e. The zero-order valence-corrected chi connectivity index (χ0v) is 13.4. The van der Waals surface area contributed by atoms with Gasteiger partial charge in [0.15, 0.2) is 0 Å². The van der Waals surface area contributed by atoms with Crippen LogP contribution in [0.15, 0.2) is 48.5 Å². The molecule has 0 heterocycles. The molecule has 3 heteroatoms. The molecule has 0 saturated heterocycles. The van der Waals surface area contributed by atoms with E-state index in [4.69, 9.17) is 23.2 Å². The average molecular weight is 320 g/mol. The zero-order chi connectivity index (χ0) is 14.7. The fourth-order valence-corrected chi connectivity index (χ4v) is 3.67. The molecule has 21 heavy (non-hydrogen) atoms. The van der Waals surface area contributed by atoms with E-state index in [2.05, 4.69) is 35.6 Å². The third-order valence-corrected chi connectivity index (χ3v) is 4.81. The summed E-state index contributed by atoms with van der Waals surface area (Å²) >= 11 is 12.3. The topological polar surface area (TPSA) is 12.0 Å². The summed E-state index contributed by atoms with van der Waals surface area (Å²) in [5.41, 5.74) is 2.40. The van der Waals surface area contributed by atoms with Gasteiger partial charge in [-0.05, 0) is 36.6 Å². The standard InChI is InChI=1S/C18H19Cl2N/c19-14-10-11-18(16(20)12-14)21-17-9-5-4-8-15(17)13-6-2-1-3-7-13/h1-3,6-7,10-12,15,17,21H,4-5,8-9H2. The van der Waals surface area contributed by atoms with Crippen LogP contribution in [0.1, 0.15) is 37.2 Å². The fourth-order valence-electron chi connectivity index (χ4n) is 3.21. The second-order valence-electron chi connectivity index (χ2n) is 5.68. The predicted molar refractivity (Wildman–Crippen MR) is 91.5 cm³/mol. The van der Waals surface area contributed by atoms with Gasteiger partial charge in [0, 0.05) is 17.0 Å². The molecule has 2 aromatic carbocycles. The molecule has 1 nitrogen and oxygen atoms in total. The maximum atomic E-state index is 6.30. The molecular weight excluding hydrogens is 301 g/mol. The maximum absolute atomic E-state index is 6.30. The molecule has 2 aromatic rings. The van der Waals surface area contributed by atoms with Crippen LogP contribution in [0.25, 0.3) is 0 Å². The summed E-state index contributed by atoms with van der Waals surface area (Å²) in [6.07, 6.45) is 4.98. The van der Waals surface area contributed by atoms with Crippen LogP contribution >= 0.6 is 23.2 Å². The first-order valence-corrected chi connectivity index (χ1v) is 8.26. The Morgan fingerprint density at radius 2 is 1.67 bits per heavy atom. The van der Waals surface area contributed by atoms with Crippen LogP contribution in [0.5, 0.6) is 0 Å². The zero-order valence-electron chi connectivity index (χ0n) is 11.9. The predicted octanol–water partition coefficient (Wildman–Crippen LogP) is 6.13. The molecule has 0 bridgehead atoms. The van der Waals surface area contributed by atoms with Crippen LogP contribution in [0.4, 0.5) is 5.69 Å². The Bertz CT molecular complexity index is 597. The van der Waals surface area contributed by atoms with Crippen molar-refractivity contribution in [2.75, 3.05) is 5.32 Å². The largest absolute Gasteiger partial charge is 0.380 e. The van der Waals surface area contributed by atoms with Gasteiger partial charge in [-0.3, -0.25) is 0 Å². The highest BCUT2D eigenvalue weighted by Crippen LogP contribution is 2.36. The Kier molecular flexibility index (Phi) is 4.72. The van der Waals surface area contributed by atoms with Crippen molar-refractivity contribution in [3.05, 3.63) is 64.1 Å². The molecule has 1 aliphatic carbocycles. The third-order valence-electron chi connectivity index (χ3n) is 4.27. The van der Waals surface area contributed by atoms with Gasteiger partial charge in [-0.1, -0.05) is 66.4 Å². The summed E-state index contributed by atoms with van der Waals surface area (Å²) < 4.78 is 0. The highest BCUT2D eigenvalue weighted by Gasteiger charge is 2.26. The Hall–Kier alpha value is -1.18. The fraction of sp³-hybridized carbons (Fsp3) is 0.333. The summed E-state index contributed by atoms with van der Waals surface area (Å²) in [5.74, 6) is 0.548.